The second kappa shape index (κ2) is 7.66. The third kappa shape index (κ3) is 6.20. The van der Waals surface area contributed by atoms with Gasteiger partial charge in [-0.25, -0.2) is 4.98 Å². The maximum Gasteiger partial charge on any atom is 0.225 e. The van der Waals surface area contributed by atoms with Crippen LogP contribution in [0.4, 0.5) is 5.82 Å². The normalized spacial score (nSPS) is 10.6. The van der Waals surface area contributed by atoms with Gasteiger partial charge < -0.3 is 15.2 Å². The first-order valence-corrected chi connectivity index (χ1v) is 6.14. The summed E-state index contributed by atoms with van der Waals surface area (Å²) in [4.78, 5) is 15.4. The second-order valence-corrected chi connectivity index (χ2v) is 4.33. The van der Waals surface area contributed by atoms with Gasteiger partial charge in [0.15, 0.2) is 0 Å². The molecule has 18 heavy (non-hydrogen) atoms. The summed E-state index contributed by atoms with van der Waals surface area (Å²) in [6.45, 7) is 4.66. The third-order valence-corrected chi connectivity index (χ3v) is 2.26. The summed E-state index contributed by atoms with van der Waals surface area (Å²) in [5.74, 6) is 0.466. The standard InChI is InChI=1S/C13H20N2O3/c1-10(2)18-8-4-3-5-13(17)15-12-7-6-11(16)9-14-12/h6-7,9-10,16H,3-5,8H2,1-2H3,(H,14,15,17). The van der Waals surface area contributed by atoms with Gasteiger partial charge in [-0.05, 0) is 38.8 Å². The fraction of sp³-hybridized carbons (Fsp3) is 0.538. The number of anilines is 1. The first-order valence-electron chi connectivity index (χ1n) is 6.14. The van der Waals surface area contributed by atoms with Crippen LogP contribution in [0.1, 0.15) is 33.1 Å². The fourth-order valence-corrected chi connectivity index (χ4v) is 1.37. The molecule has 0 atom stereocenters. The van der Waals surface area contributed by atoms with Crippen molar-refractivity contribution in [3.63, 3.8) is 0 Å². The molecule has 5 nitrogen and oxygen atoms in total. The molecule has 0 saturated carbocycles. The smallest absolute Gasteiger partial charge is 0.225 e. The van der Waals surface area contributed by atoms with E-state index in [1.54, 1.807) is 6.07 Å². The number of nitrogens with one attached hydrogen (secondary N) is 1. The summed E-state index contributed by atoms with van der Waals surface area (Å²) in [5, 5.41) is 11.7. The van der Waals surface area contributed by atoms with E-state index in [-0.39, 0.29) is 17.8 Å². The minimum Gasteiger partial charge on any atom is -0.506 e. The van der Waals surface area contributed by atoms with Gasteiger partial charge in [0.25, 0.3) is 0 Å². The molecule has 0 spiro atoms. The molecule has 1 rings (SSSR count). The predicted octanol–water partition coefficient (Wildman–Crippen LogP) is 2.32. The molecule has 5 heteroatoms. The van der Waals surface area contributed by atoms with Crippen molar-refractivity contribution in [1.82, 2.24) is 4.98 Å². The molecule has 0 aliphatic heterocycles. The Hall–Kier alpha value is -1.62. The first kappa shape index (κ1) is 14.4. The molecule has 1 amide bonds. The van der Waals surface area contributed by atoms with Crippen molar-refractivity contribution in [2.45, 2.75) is 39.2 Å². The number of pyridine rings is 1. The highest BCUT2D eigenvalue weighted by Crippen LogP contribution is 2.10. The van der Waals surface area contributed by atoms with E-state index in [1.165, 1.54) is 12.3 Å². The van der Waals surface area contributed by atoms with Crippen LogP contribution in [-0.2, 0) is 9.53 Å². The van der Waals surface area contributed by atoms with Crippen LogP contribution in [0.3, 0.4) is 0 Å². The number of carbonyl (C=O) groups is 1. The van der Waals surface area contributed by atoms with Crippen LogP contribution < -0.4 is 5.32 Å². The Morgan fingerprint density at radius 2 is 2.22 bits per heavy atom. The number of rotatable bonds is 7. The molecule has 100 valence electrons. The molecule has 0 saturated heterocycles. The van der Waals surface area contributed by atoms with Crippen molar-refractivity contribution in [3.05, 3.63) is 18.3 Å². The topological polar surface area (TPSA) is 71.5 Å². The average Bonchev–Trinajstić information content (AvgIpc) is 2.31. The van der Waals surface area contributed by atoms with Crippen molar-refractivity contribution < 1.29 is 14.6 Å². The van der Waals surface area contributed by atoms with E-state index >= 15 is 0 Å². The maximum absolute atomic E-state index is 11.5. The molecule has 2 N–H and O–H groups in total. The Labute approximate surface area is 107 Å². The van der Waals surface area contributed by atoms with Gasteiger partial charge in [0, 0.05) is 13.0 Å². The zero-order valence-electron chi connectivity index (χ0n) is 10.8. The summed E-state index contributed by atoms with van der Waals surface area (Å²) in [5.41, 5.74) is 0. The monoisotopic (exact) mass is 252 g/mol. The lowest BCUT2D eigenvalue weighted by molar-refractivity contribution is -0.116. The van der Waals surface area contributed by atoms with E-state index in [0.29, 0.717) is 18.8 Å². The van der Waals surface area contributed by atoms with Gasteiger partial charge in [0.2, 0.25) is 5.91 Å². The van der Waals surface area contributed by atoms with Crippen molar-refractivity contribution in [1.29, 1.82) is 0 Å². The summed E-state index contributed by atoms with van der Waals surface area (Å²) < 4.78 is 5.38. The highest BCUT2D eigenvalue weighted by atomic mass is 16.5. The summed E-state index contributed by atoms with van der Waals surface area (Å²) in [6, 6.07) is 3.05. The molecule has 0 bridgehead atoms. The Morgan fingerprint density at radius 3 is 2.83 bits per heavy atom. The highest BCUT2D eigenvalue weighted by Gasteiger charge is 2.03. The minimum absolute atomic E-state index is 0.0715. The molecule has 0 aliphatic rings. The average molecular weight is 252 g/mol. The number of amides is 1. The van der Waals surface area contributed by atoms with Gasteiger partial charge in [-0.2, -0.15) is 0 Å². The Kier molecular flexibility index (Phi) is 6.14. The van der Waals surface area contributed by atoms with Gasteiger partial charge in [-0.3, -0.25) is 4.79 Å². The van der Waals surface area contributed by atoms with Crippen molar-refractivity contribution >= 4 is 11.7 Å². The molecule has 0 unspecified atom stereocenters. The predicted molar refractivity (Wildman–Crippen MR) is 69.5 cm³/mol. The summed E-state index contributed by atoms with van der Waals surface area (Å²) in [6.07, 6.45) is 3.64. The highest BCUT2D eigenvalue weighted by molar-refractivity contribution is 5.89. The van der Waals surface area contributed by atoms with E-state index in [1.807, 2.05) is 13.8 Å². The molecule has 0 fully saturated rings. The Morgan fingerprint density at radius 1 is 1.44 bits per heavy atom. The van der Waals surface area contributed by atoms with E-state index < -0.39 is 0 Å². The summed E-state index contributed by atoms with van der Waals surface area (Å²) in [7, 11) is 0. The van der Waals surface area contributed by atoms with Crippen LogP contribution in [0.15, 0.2) is 18.3 Å². The number of unbranched alkanes of at least 4 members (excludes halogenated alkanes) is 1. The van der Waals surface area contributed by atoms with Gasteiger partial charge in [-0.15, -0.1) is 0 Å². The van der Waals surface area contributed by atoms with Gasteiger partial charge in [-0.1, -0.05) is 0 Å². The number of hydrogen-bond donors (Lipinski definition) is 2. The number of carbonyl (C=O) groups excluding carboxylic acids is 1. The number of nitrogens with zero attached hydrogens (tertiary/aromatic N) is 1. The van der Waals surface area contributed by atoms with Gasteiger partial charge >= 0.3 is 0 Å². The number of ether oxygens (including phenoxy) is 1. The second-order valence-electron chi connectivity index (χ2n) is 4.33. The minimum atomic E-state index is -0.0715. The summed E-state index contributed by atoms with van der Waals surface area (Å²) >= 11 is 0. The molecular formula is C13H20N2O3. The van der Waals surface area contributed by atoms with Crippen LogP contribution in [0.5, 0.6) is 5.75 Å². The molecule has 0 radical (unpaired) electrons. The van der Waals surface area contributed by atoms with Crippen LogP contribution in [-0.4, -0.2) is 28.7 Å². The fourth-order valence-electron chi connectivity index (χ4n) is 1.37. The van der Waals surface area contributed by atoms with Crippen LogP contribution in [0.25, 0.3) is 0 Å². The molecule has 0 aliphatic carbocycles. The van der Waals surface area contributed by atoms with Crippen LogP contribution in [0, 0.1) is 0 Å². The van der Waals surface area contributed by atoms with Crippen molar-refractivity contribution in [2.75, 3.05) is 11.9 Å². The molecule has 0 aromatic carbocycles. The maximum atomic E-state index is 11.5. The Bertz CT molecular complexity index is 363. The lowest BCUT2D eigenvalue weighted by atomic mass is 10.2. The molecule has 1 heterocycles. The Balaban J connectivity index is 2.16. The van der Waals surface area contributed by atoms with Crippen LogP contribution >= 0.6 is 0 Å². The van der Waals surface area contributed by atoms with E-state index in [0.717, 1.165) is 12.8 Å². The lowest BCUT2D eigenvalue weighted by Gasteiger charge is -2.07. The third-order valence-electron chi connectivity index (χ3n) is 2.26. The number of aromatic nitrogens is 1. The van der Waals surface area contributed by atoms with E-state index in [4.69, 9.17) is 9.84 Å². The van der Waals surface area contributed by atoms with E-state index in [9.17, 15) is 4.79 Å². The zero-order chi connectivity index (χ0) is 13.4. The first-order chi connectivity index (χ1) is 8.58. The largest absolute Gasteiger partial charge is 0.506 e. The van der Waals surface area contributed by atoms with Crippen molar-refractivity contribution in [3.8, 4) is 5.75 Å². The zero-order valence-corrected chi connectivity index (χ0v) is 10.8. The lowest BCUT2D eigenvalue weighted by Crippen LogP contribution is -2.12. The number of aromatic hydroxyl groups is 1. The number of hydrogen-bond acceptors (Lipinski definition) is 4. The van der Waals surface area contributed by atoms with Crippen molar-refractivity contribution in [2.24, 2.45) is 0 Å². The molecule has 1 aromatic heterocycles. The van der Waals surface area contributed by atoms with Gasteiger partial charge in [0.1, 0.15) is 11.6 Å². The van der Waals surface area contributed by atoms with Gasteiger partial charge in [0.05, 0.1) is 12.3 Å². The molecular weight excluding hydrogens is 232 g/mol. The SMILES string of the molecule is CC(C)OCCCCC(=O)Nc1ccc(O)cn1. The van der Waals surface area contributed by atoms with Crippen LogP contribution in [0.2, 0.25) is 0 Å². The quantitative estimate of drug-likeness (QED) is 0.730. The molecule has 1 aromatic rings. The van der Waals surface area contributed by atoms with E-state index in [2.05, 4.69) is 10.3 Å².